The van der Waals surface area contributed by atoms with E-state index in [-0.39, 0.29) is 50.6 Å². The number of aromatic nitrogens is 1. The summed E-state index contributed by atoms with van der Waals surface area (Å²) in [5, 5.41) is 11.2. The summed E-state index contributed by atoms with van der Waals surface area (Å²) in [7, 11) is 0. The Morgan fingerprint density at radius 3 is 2.07 bits per heavy atom. The number of carbonyl (C=O) groups excluding carboxylic acids is 1. The molecule has 1 radical (unpaired) electrons. The van der Waals surface area contributed by atoms with Gasteiger partial charge in [0.2, 0.25) is 0 Å². The molecule has 0 spiro atoms. The number of fused-ring (bicyclic) bond motifs is 1. The molecular formula is C37H50IrNO2-. The van der Waals surface area contributed by atoms with Gasteiger partial charge < -0.3 is 5.11 Å². The monoisotopic (exact) mass is 733 g/mol. The van der Waals surface area contributed by atoms with Crippen molar-refractivity contribution in [1.82, 2.24) is 4.98 Å². The number of hydrogen-bond acceptors (Lipinski definition) is 3. The molecule has 2 aromatic carbocycles. The Labute approximate surface area is 262 Å². The summed E-state index contributed by atoms with van der Waals surface area (Å²) in [6, 6.07) is 18.5. The molecule has 41 heavy (non-hydrogen) atoms. The number of nitrogens with zero attached hydrogens (tertiary/aromatic N) is 1. The fourth-order valence-electron chi connectivity index (χ4n) is 5.94. The van der Waals surface area contributed by atoms with Crippen LogP contribution in [-0.4, -0.2) is 15.9 Å². The van der Waals surface area contributed by atoms with Gasteiger partial charge in [0.15, 0.2) is 5.78 Å². The van der Waals surface area contributed by atoms with E-state index < -0.39 is 0 Å². The molecule has 4 heteroatoms. The van der Waals surface area contributed by atoms with Crippen molar-refractivity contribution in [1.29, 1.82) is 0 Å². The number of aliphatic hydroxyl groups is 1. The van der Waals surface area contributed by atoms with Gasteiger partial charge in [-0.3, -0.25) is 9.78 Å². The largest absolute Gasteiger partial charge is 0.512 e. The summed E-state index contributed by atoms with van der Waals surface area (Å²) in [6.45, 7) is 10.9. The minimum atomic E-state index is 0. The van der Waals surface area contributed by atoms with Crippen LogP contribution in [0.2, 0.25) is 0 Å². The summed E-state index contributed by atoms with van der Waals surface area (Å²) in [4.78, 5) is 16.8. The average Bonchev–Trinajstić information content (AvgIpc) is 2.92. The Balaban J connectivity index is 0.000000282. The molecule has 1 aromatic heterocycles. The van der Waals surface area contributed by atoms with E-state index in [4.69, 9.17) is 4.98 Å². The van der Waals surface area contributed by atoms with Gasteiger partial charge in [0, 0.05) is 38.0 Å². The topological polar surface area (TPSA) is 50.2 Å². The van der Waals surface area contributed by atoms with Crippen molar-refractivity contribution in [2.75, 3.05) is 0 Å². The Morgan fingerprint density at radius 2 is 1.49 bits per heavy atom. The van der Waals surface area contributed by atoms with Crippen LogP contribution in [0.15, 0.2) is 54.3 Å². The van der Waals surface area contributed by atoms with E-state index >= 15 is 0 Å². The molecule has 0 aliphatic heterocycles. The van der Waals surface area contributed by atoms with Crippen molar-refractivity contribution in [2.45, 2.75) is 112 Å². The van der Waals surface area contributed by atoms with Gasteiger partial charge in [0.25, 0.3) is 0 Å². The van der Waals surface area contributed by atoms with Crippen LogP contribution in [0, 0.1) is 31.7 Å². The number of allylic oxidation sites excluding steroid dienone is 2. The minimum Gasteiger partial charge on any atom is -0.512 e. The molecule has 0 amide bonds. The summed E-state index contributed by atoms with van der Waals surface area (Å²) in [5.41, 5.74) is 7.00. The van der Waals surface area contributed by atoms with Crippen LogP contribution in [0.25, 0.3) is 22.2 Å². The van der Waals surface area contributed by atoms with E-state index in [1.165, 1.54) is 55.0 Å². The van der Waals surface area contributed by atoms with Crippen LogP contribution < -0.4 is 0 Å². The second kappa shape index (κ2) is 15.8. The fraction of sp³-hybridized carbons (Fsp3) is 0.514. The van der Waals surface area contributed by atoms with E-state index in [0.29, 0.717) is 5.76 Å². The van der Waals surface area contributed by atoms with Crippen LogP contribution in [0.3, 0.4) is 0 Å². The Kier molecular flexibility index (Phi) is 13.5. The molecule has 1 heterocycles. The molecule has 0 bridgehead atoms. The Morgan fingerprint density at radius 1 is 0.878 bits per heavy atom. The first-order chi connectivity index (χ1) is 18.6. The standard InChI is InChI=1S/C21H22N.C15H24O2.CH4.Ir/c1-14-10-15(2)12-17(11-14)20-8-6-16-13-18(21(3,4)5)7-9-19(16)22-20;16-14(12-7-3-1-4-8-12)11-15(17)13-9-5-2-6-10-13;;/h6-11,13H,1-5H3;11-13,16H,1-10H2;1H4;/q-1;;;. The average molecular weight is 733 g/mol. The zero-order valence-electron chi connectivity index (χ0n) is 25.0. The minimum absolute atomic E-state index is 0. The van der Waals surface area contributed by atoms with Crippen molar-refractivity contribution in [2.24, 2.45) is 11.8 Å². The number of aliphatic hydroxyl groups excluding tert-OH is 1. The second-order valence-electron chi connectivity index (χ2n) is 12.7. The zero-order chi connectivity index (χ0) is 28.0. The predicted molar refractivity (Wildman–Crippen MR) is 170 cm³/mol. The quantitative estimate of drug-likeness (QED) is 0.165. The molecule has 2 aliphatic rings. The molecule has 0 unspecified atom stereocenters. The molecule has 0 saturated heterocycles. The van der Waals surface area contributed by atoms with Crippen molar-refractivity contribution in [3.63, 3.8) is 0 Å². The maximum atomic E-state index is 12.0. The van der Waals surface area contributed by atoms with Crippen LogP contribution in [-0.2, 0) is 30.3 Å². The Hall–Kier alpha value is -2.29. The summed E-state index contributed by atoms with van der Waals surface area (Å²) >= 11 is 0. The smallest absolute Gasteiger partial charge is 0.162 e. The molecule has 3 nitrogen and oxygen atoms in total. The molecule has 2 saturated carbocycles. The number of ketones is 1. The molecule has 5 rings (SSSR count). The Bertz CT molecular complexity index is 1290. The van der Waals surface area contributed by atoms with Crippen molar-refractivity contribution in [3.05, 3.63) is 77.1 Å². The van der Waals surface area contributed by atoms with Gasteiger partial charge >= 0.3 is 0 Å². The molecule has 1 N–H and O–H groups in total. The van der Waals surface area contributed by atoms with E-state index in [1.807, 2.05) is 0 Å². The fourth-order valence-corrected chi connectivity index (χ4v) is 5.94. The van der Waals surface area contributed by atoms with Gasteiger partial charge in [-0.1, -0.05) is 98.8 Å². The number of rotatable bonds is 4. The van der Waals surface area contributed by atoms with Gasteiger partial charge in [-0.2, -0.15) is 0 Å². The first-order valence-electron chi connectivity index (χ1n) is 15.0. The summed E-state index contributed by atoms with van der Waals surface area (Å²) < 4.78 is 0. The van der Waals surface area contributed by atoms with Gasteiger partial charge in [-0.05, 0) is 59.9 Å². The number of aryl methyl sites for hydroxylation is 2. The summed E-state index contributed by atoms with van der Waals surface area (Å²) in [5.74, 6) is 0.985. The van der Waals surface area contributed by atoms with E-state index in [0.717, 1.165) is 48.0 Å². The van der Waals surface area contributed by atoms with Crippen LogP contribution >= 0.6 is 0 Å². The van der Waals surface area contributed by atoms with Gasteiger partial charge in [-0.25, -0.2) is 0 Å². The van der Waals surface area contributed by atoms with E-state index in [9.17, 15) is 9.90 Å². The van der Waals surface area contributed by atoms with Crippen molar-refractivity contribution in [3.8, 4) is 11.3 Å². The molecule has 0 atom stereocenters. The third-order valence-electron chi connectivity index (χ3n) is 8.30. The van der Waals surface area contributed by atoms with E-state index in [2.05, 4.69) is 83.1 Å². The molecule has 3 aromatic rings. The first kappa shape index (κ1) is 34.9. The van der Waals surface area contributed by atoms with Crippen molar-refractivity contribution >= 4 is 16.7 Å². The zero-order valence-corrected chi connectivity index (χ0v) is 27.4. The van der Waals surface area contributed by atoms with Crippen LogP contribution in [0.5, 0.6) is 0 Å². The number of pyridine rings is 1. The maximum absolute atomic E-state index is 12.0. The molecular weight excluding hydrogens is 683 g/mol. The van der Waals surface area contributed by atoms with Crippen LogP contribution in [0.4, 0.5) is 0 Å². The third-order valence-corrected chi connectivity index (χ3v) is 8.30. The molecule has 225 valence electrons. The normalized spacial score (nSPS) is 16.7. The number of hydrogen-bond donors (Lipinski definition) is 1. The van der Waals surface area contributed by atoms with Gasteiger partial charge in [0.1, 0.15) is 0 Å². The van der Waals surface area contributed by atoms with Crippen molar-refractivity contribution < 1.29 is 30.0 Å². The second-order valence-corrected chi connectivity index (χ2v) is 12.7. The number of carbonyl (C=O) groups is 1. The predicted octanol–water partition coefficient (Wildman–Crippen LogP) is 10.4. The molecule has 2 aliphatic carbocycles. The molecule has 2 fully saturated rings. The van der Waals surface area contributed by atoms with Crippen LogP contribution in [0.1, 0.15) is 109 Å². The van der Waals surface area contributed by atoms with Gasteiger partial charge in [0.05, 0.1) is 11.3 Å². The first-order valence-corrected chi connectivity index (χ1v) is 15.0. The SMILES string of the molecule is C.Cc1[c-]c(-c2ccc3cc(C(C)(C)C)ccc3n2)cc(C)c1.O=C(C=C(O)C1CCCCC1)C1CCCCC1.[Ir]. The van der Waals surface area contributed by atoms with Gasteiger partial charge in [-0.15, -0.1) is 34.9 Å². The van der Waals surface area contributed by atoms with E-state index in [1.54, 1.807) is 6.08 Å². The maximum Gasteiger partial charge on any atom is 0.162 e. The number of benzene rings is 2. The third kappa shape index (κ3) is 9.90. The summed E-state index contributed by atoms with van der Waals surface area (Å²) in [6.07, 6.45) is 13.0.